The van der Waals surface area contributed by atoms with Gasteiger partial charge in [0.15, 0.2) is 0 Å². The number of rotatable bonds is 4. The first-order valence-corrected chi connectivity index (χ1v) is 6.83. The lowest BCUT2D eigenvalue weighted by Crippen LogP contribution is -2.23. The van der Waals surface area contributed by atoms with E-state index in [4.69, 9.17) is 5.73 Å². The van der Waals surface area contributed by atoms with Crippen LogP contribution >= 0.6 is 0 Å². The van der Waals surface area contributed by atoms with Crippen LogP contribution in [-0.2, 0) is 6.18 Å². The van der Waals surface area contributed by atoms with E-state index in [0.29, 0.717) is 10.5 Å². The first kappa shape index (κ1) is 16.7. The Morgan fingerprint density at radius 2 is 1.96 bits per heavy atom. The predicted octanol–water partition coefficient (Wildman–Crippen LogP) is 1.81. The van der Waals surface area contributed by atoms with Gasteiger partial charge in [-0.2, -0.15) is 22.8 Å². The highest BCUT2D eigenvalue weighted by Gasteiger charge is 2.37. The van der Waals surface area contributed by atoms with Crippen molar-refractivity contribution in [2.45, 2.75) is 20.0 Å². The smallest absolute Gasteiger partial charge is 0.368 e. The minimum atomic E-state index is -4.77. The Bertz CT molecular complexity index is 691. The zero-order valence-electron chi connectivity index (χ0n) is 12.5. The number of hydrogen-bond donors (Lipinski definition) is 1. The molecule has 10 heteroatoms. The van der Waals surface area contributed by atoms with Crippen LogP contribution in [0.25, 0.3) is 0 Å². The monoisotopic (exact) mass is 328 g/mol. The van der Waals surface area contributed by atoms with Crippen molar-refractivity contribution < 1.29 is 18.0 Å². The average Bonchev–Trinajstić information content (AvgIpc) is 2.90. The number of carbonyl (C=O) groups excluding carboxylic acids is 1. The Balaban J connectivity index is 2.29. The van der Waals surface area contributed by atoms with Gasteiger partial charge >= 0.3 is 6.18 Å². The summed E-state index contributed by atoms with van der Waals surface area (Å²) in [6, 6.07) is 3.06. The molecule has 2 aromatic rings. The van der Waals surface area contributed by atoms with E-state index in [9.17, 15) is 18.0 Å². The zero-order chi connectivity index (χ0) is 17.2. The molecular weight excluding hydrogens is 313 g/mol. The van der Waals surface area contributed by atoms with Crippen molar-refractivity contribution in [3.63, 3.8) is 0 Å². The van der Waals surface area contributed by atoms with Crippen molar-refractivity contribution in [2.24, 2.45) is 0 Å². The van der Waals surface area contributed by atoms with Crippen molar-refractivity contribution in [3.8, 4) is 0 Å². The number of nitrogens with zero attached hydrogens (tertiary/aromatic N) is 5. The summed E-state index contributed by atoms with van der Waals surface area (Å²) in [7, 11) is 0. The van der Waals surface area contributed by atoms with Crippen LogP contribution in [0.15, 0.2) is 18.3 Å². The maximum Gasteiger partial charge on any atom is 0.453 e. The van der Waals surface area contributed by atoms with Gasteiger partial charge in [-0.25, -0.2) is 4.98 Å². The molecule has 2 heterocycles. The number of nitrogens with two attached hydrogens (primary N) is 1. The summed E-state index contributed by atoms with van der Waals surface area (Å²) < 4.78 is 38.0. The summed E-state index contributed by atoms with van der Waals surface area (Å²) in [4.78, 5) is 21.3. The van der Waals surface area contributed by atoms with Crippen LogP contribution in [-0.4, -0.2) is 38.7 Å². The van der Waals surface area contributed by atoms with Gasteiger partial charge in [-0.15, -0.1) is 5.10 Å². The van der Waals surface area contributed by atoms with Crippen LogP contribution < -0.4 is 10.6 Å². The normalized spacial score (nSPS) is 11.5. The molecule has 0 saturated carbocycles. The predicted molar refractivity (Wildman–Crippen MR) is 77.0 cm³/mol. The summed E-state index contributed by atoms with van der Waals surface area (Å²) in [6.45, 7) is 5.39. The molecule has 0 amide bonds. The molecule has 0 saturated heterocycles. The molecule has 0 aliphatic carbocycles. The maximum absolute atomic E-state index is 12.5. The van der Waals surface area contributed by atoms with Gasteiger partial charge in [0.1, 0.15) is 5.82 Å². The molecule has 2 aromatic heterocycles. The number of nitrogen functional groups attached to an aromatic ring is 1. The summed E-state index contributed by atoms with van der Waals surface area (Å²) in [5, 5.41) is 3.12. The summed E-state index contributed by atoms with van der Waals surface area (Å²) in [5.41, 5.74) is 5.40. The molecule has 0 bridgehead atoms. The van der Waals surface area contributed by atoms with Crippen molar-refractivity contribution in [2.75, 3.05) is 23.7 Å². The van der Waals surface area contributed by atoms with Gasteiger partial charge in [-0.05, 0) is 26.0 Å². The molecule has 124 valence electrons. The van der Waals surface area contributed by atoms with E-state index in [0.717, 1.165) is 13.1 Å². The minimum absolute atomic E-state index is 0.0613. The second-order valence-electron chi connectivity index (χ2n) is 4.59. The lowest BCUT2D eigenvalue weighted by molar-refractivity contribution is -0.144. The highest BCUT2D eigenvalue weighted by molar-refractivity contribution is 5.96. The number of aromatic nitrogens is 4. The van der Waals surface area contributed by atoms with Crippen molar-refractivity contribution in [3.05, 3.63) is 29.7 Å². The molecule has 0 spiro atoms. The van der Waals surface area contributed by atoms with Crippen molar-refractivity contribution in [1.29, 1.82) is 0 Å². The summed E-state index contributed by atoms with van der Waals surface area (Å²) in [5.74, 6) is -2.26. The Morgan fingerprint density at radius 3 is 2.39 bits per heavy atom. The molecule has 0 atom stereocenters. The number of carbonyl (C=O) groups is 1. The lowest BCUT2D eigenvalue weighted by Gasteiger charge is -2.19. The van der Waals surface area contributed by atoms with E-state index in [1.165, 1.54) is 12.3 Å². The fraction of sp³-hybridized carbons (Fsp3) is 0.385. The van der Waals surface area contributed by atoms with Gasteiger partial charge in [-0.3, -0.25) is 4.79 Å². The van der Waals surface area contributed by atoms with Gasteiger partial charge < -0.3 is 10.6 Å². The second-order valence-corrected chi connectivity index (χ2v) is 4.59. The van der Waals surface area contributed by atoms with Crippen molar-refractivity contribution >= 4 is 17.7 Å². The largest absolute Gasteiger partial charge is 0.453 e. The lowest BCUT2D eigenvalue weighted by atomic mass is 10.2. The quantitative estimate of drug-likeness (QED) is 0.920. The van der Waals surface area contributed by atoms with Crippen LogP contribution in [0.3, 0.4) is 0 Å². The van der Waals surface area contributed by atoms with Crippen LogP contribution in [0.1, 0.15) is 30.0 Å². The molecule has 0 radical (unpaired) electrons. The molecule has 0 aliphatic heterocycles. The van der Waals surface area contributed by atoms with Crippen LogP contribution in [0.4, 0.5) is 24.9 Å². The molecule has 0 fully saturated rings. The van der Waals surface area contributed by atoms with Crippen LogP contribution in [0.5, 0.6) is 0 Å². The van der Waals surface area contributed by atoms with Gasteiger partial charge in [0.05, 0.1) is 5.56 Å². The molecular formula is C13H15F3N6O. The van der Waals surface area contributed by atoms with Gasteiger partial charge in [0.2, 0.25) is 5.95 Å². The maximum atomic E-state index is 12.5. The van der Waals surface area contributed by atoms with Crippen LogP contribution in [0.2, 0.25) is 0 Å². The third-order valence-corrected chi connectivity index (χ3v) is 3.16. The van der Waals surface area contributed by atoms with Crippen molar-refractivity contribution in [1.82, 2.24) is 19.7 Å². The molecule has 2 N–H and O–H groups in total. The third-order valence-electron chi connectivity index (χ3n) is 3.16. The second kappa shape index (κ2) is 6.23. The number of anilines is 2. The van der Waals surface area contributed by atoms with E-state index < -0.39 is 23.9 Å². The van der Waals surface area contributed by atoms with Gasteiger partial charge in [-0.1, -0.05) is 0 Å². The zero-order valence-corrected chi connectivity index (χ0v) is 12.5. The SMILES string of the molecule is CCN(CC)c1ccc(C(=O)n2nc(C(F)(F)F)nc2N)cn1. The Morgan fingerprint density at radius 1 is 1.30 bits per heavy atom. The Kier molecular flexibility index (Phi) is 4.52. The standard InChI is InChI=1S/C13H15F3N6O/c1-3-21(4-2)9-6-5-8(7-18-9)10(23)22-12(17)19-11(20-22)13(14,15)16/h5-7H,3-4H2,1-2H3,(H2,17,19,20). The first-order valence-electron chi connectivity index (χ1n) is 6.83. The van der Waals surface area contributed by atoms with Crippen LogP contribution in [0, 0.1) is 0 Å². The Labute approximate surface area is 129 Å². The van der Waals surface area contributed by atoms with Gasteiger partial charge in [0, 0.05) is 19.3 Å². The Hall–Kier alpha value is -2.65. The average molecular weight is 328 g/mol. The molecule has 0 unspecified atom stereocenters. The number of pyridine rings is 1. The number of alkyl halides is 3. The molecule has 0 aromatic carbocycles. The molecule has 7 nitrogen and oxygen atoms in total. The fourth-order valence-electron chi connectivity index (χ4n) is 1.96. The highest BCUT2D eigenvalue weighted by Crippen LogP contribution is 2.27. The highest BCUT2D eigenvalue weighted by atomic mass is 19.4. The molecule has 0 aliphatic rings. The molecule has 23 heavy (non-hydrogen) atoms. The van der Waals surface area contributed by atoms with Gasteiger partial charge in [0.25, 0.3) is 11.7 Å². The topological polar surface area (TPSA) is 89.9 Å². The minimum Gasteiger partial charge on any atom is -0.368 e. The third kappa shape index (κ3) is 3.41. The fourth-order valence-corrected chi connectivity index (χ4v) is 1.96. The van der Waals surface area contributed by atoms with E-state index in [2.05, 4.69) is 15.1 Å². The van der Waals surface area contributed by atoms with E-state index in [-0.39, 0.29) is 5.56 Å². The molecule has 2 rings (SSSR count). The van der Waals surface area contributed by atoms with E-state index in [1.807, 2.05) is 18.7 Å². The number of halogens is 3. The van der Waals surface area contributed by atoms with E-state index in [1.54, 1.807) is 6.07 Å². The summed E-state index contributed by atoms with van der Waals surface area (Å²) in [6.07, 6.45) is -3.51. The number of hydrogen-bond acceptors (Lipinski definition) is 6. The van der Waals surface area contributed by atoms with E-state index >= 15 is 0 Å². The summed E-state index contributed by atoms with van der Waals surface area (Å²) >= 11 is 0. The first-order chi connectivity index (χ1) is 10.8.